The number of carboxylic acids is 1. The molecule has 0 aliphatic rings. The molecule has 0 radical (unpaired) electrons. The zero-order valence-electron chi connectivity index (χ0n) is 7.75. The molecule has 0 fully saturated rings. The topological polar surface area (TPSA) is 90.4 Å². The standard InChI is InChI=1S/C8H7N3O4/c1-11-3-5(2-9-11)15-8-10-6(4-14-8)7(12)13/h2-4H,1H3,(H,12,13). The summed E-state index contributed by atoms with van der Waals surface area (Å²) in [5.41, 5.74) is -0.200. The third-order valence-electron chi connectivity index (χ3n) is 1.59. The van der Waals surface area contributed by atoms with Gasteiger partial charge in [0.15, 0.2) is 11.4 Å². The van der Waals surface area contributed by atoms with Crippen molar-refractivity contribution in [2.24, 2.45) is 7.05 Å². The molecule has 2 rings (SSSR count). The van der Waals surface area contributed by atoms with Crippen molar-refractivity contribution in [1.82, 2.24) is 14.8 Å². The van der Waals surface area contributed by atoms with Crippen LogP contribution in [0.4, 0.5) is 0 Å². The molecule has 78 valence electrons. The summed E-state index contributed by atoms with van der Waals surface area (Å²) in [5, 5.41) is 12.4. The second-order valence-electron chi connectivity index (χ2n) is 2.76. The van der Waals surface area contributed by atoms with Crippen molar-refractivity contribution in [3.05, 3.63) is 24.4 Å². The van der Waals surface area contributed by atoms with Crippen molar-refractivity contribution in [3.63, 3.8) is 0 Å². The summed E-state index contributed by atoms with van der Waals surface area (Å²) in [7, 11) is 1.73. The van der Waals surface area contributed by atoms with Gasteiger partial charge in [-0.05, 0) is 0 Å². The van der Waals surface area contributed by atoms with Crippen molar-refractivity contribution < 1.29 is 19.1 Å². The van der Waals surface area contributed by atoms with Crippen molar-refractivity contribution in [3.8, 4) is 11.8 Å². The van der Waals surface area contributed by atoms with E-state index in [0.717, 1.165) is 6.26 Å². The highest BCUT2D eigenvalue weighted by Gasteiger charge is 2.12. The molecule has 7 heteroatoms. The van der Waals surface area contributed by atoms with E-state index in [9.17, 15) is 4.79 Å². The molecule has 0 aromatic carbocycles. The van der Waals surface area contributed by atoms with Gasteiger partial charge in [0.1, 0.15) is 6.26 Å². The Morgan fingerprint density at radius 3 is 3.00 bits per heavy atom. The van der Waals surface area contributed by atoms with E-state index in [1.807, 2.05) is 0 Å². The SMILES string of the molecule is Cn1cc(Oc2nc(C(=O)O)co2)cn1. The normalized spacial score (nSPS) is 10.2. The van der Waals surface area contributed by atoms with Gasteiger partial charge < -0.3 is 14.3 Å². The first-order chi connectivity index (χ1) is 7.15. The van der Waals surface area contributed by atoms with Gasteiger partial charge in [-0.1, -0.05) is 0 Å². The second kappa shape index (κ2) is 3.45. The second-order valence-corrected chi connectivity index (χ2v) is 2.76. The van der Waals surface area contributed by atoms with Crippen molar-refractivity contribution in [1.29, 1.82) is 0 Å². The number of aromatic carboxylic acids is 1. The van der Waals surface area contributed by atoms with Crippen LogP contribution in [0.5, 0.6) is 11.8 Å². The highest BCUT2D eigenvalue weighted by atomic mass is 16.6. The van der Waals surface area contributed by atoms with E-state index in [-0.39, 0.29) is 11.8 Å². The Morgan fingerprint density at radius 2 is 2.47 bits per heavy atom. The maximum atomic E-state index is 10.5. The number of hydrogen-bond donors (Lipinski definition) is 1. The molecule has 2 heterocycles. The van der Waals surface area contributed by atoms with Gasteiger partial charge in [-0.3, -0.25) is 4.68 Å². The van der Waals surface area contributed by atoms with Crippen LogP contribution < -0.4 is 4.74 Å². The van der Waals surface area contributed by atoms with Crippen LogP contribution in [0.3, 0.4) is 0 Å². The van der Waals surface area contributed by atoms with E-state index in [2.05, 4.69) is 10.1 Å². The molecule has 2 aromatic heterocycles. The lowest BCUT2D eigenvalue weighted by Gasteiger charge is -1.93. The van der Waals surface area contributed by atoms with E-state index < -0.39 is 5.97 Å². The number of nitrogens with zero attached hydrogens (tertiary/aromatic N) is 3. The van der Waals surface area contributed by atoms with Crippen LogP contribution >= 0.6 is 0 Å². The molecule has 0 bridgehead atoms. The van der Waals surface area contributed by atoms with E-state index in [1.165, 1.54) is 10.9 Å². The predicted octanol–water partition coefficient (Wildman–Crippen LogP) is 0.899. The molecule has 0 saturated heterocycles. The number of rotatable bonds is 3. The summed E-state index contributed by atoms with van der Waals surface area (Å²) in [6.07, 6.45) is 3.95. The Balaban J connectivity index is 2.14. The maximum absolute atomic E-state index is 10.5. The molecule has 1 N–H and O–H groups in total. The zero-order chi connectivity index (χ0) is 10.8. The fourth-order valence-electron chi connectivity index (χ4n) is 0.955. The lowest BCUT2D eigenvalue weighted by atomic mass is 10.5. The Kier molecular flexibility index (Phi) is 2.13. The predicted molar refractivity (Wildman–Crippen MR) is 46.7 cm³/mol. The molecular formula is C8H7N3O4. The molecule has 0 spiro atoms. The van der Waals surface area contributed by atoms with Gasteiger partial charge in [-0.25, -0.2) is 4.79 Å². The largest absolute Gasteiger partial charge is 0.476 e. The molecule has 0 amide bonds. The minimum absolute atomic E-state index is 0.125. The minimum Gasteiger partial charge on any atom is -0.476 e. The van der Waals surface area contributed by atoms with E-state index in [1.54, 1.807) is 13.2 Å². The first-order valence-electron chi connectivity index (χ1n) is 4.00. The van der Waals surface area contributed by atoms with Gasteiger partial charge in [0.25, 0.3) is 0 Å². The fraction of sp³-hybridized carbons (Fsp3) is 0.125. The minimum atomic E-state index is -1.17. The van der Waals surface area contributed by atoms with Crippen LogP contribution in [-0.4, -0.2) is 25.8 Å². The van der Waals surface area contributed by atoms with E-state index in [0.29, 0.717) is 5.75 Å². The molecule has 0 aliphatic heterocycles. The van der Waals surface area contributed by atoms with E-state index >= 15 is 0 Å². The van der Waals surface area contributed by atoms with Gasteiger partial charge in [-0.2, -0.15) is 10.1 Å². The van der Waals surface area contributed by atoms with Gasteiger partial charge in [0, 0.05) is 7.05 Å². The van der Waals surface area contributed by atoms with E-state index in [4.69, 9.17) is 14.3 Å². The third-order valence-corrected chi connectivity index (χ3v) is 1.59. The van der Waals surface area contributed by atoms with Gasteiger partial charge in [0.2, 0.25) is 0 Å². The fourth-order valence-corrected chi connectivity index (χ4v) is 0.955. The summed E-state index contributed by atoms with van der Waals surface area (Å²) >= 11 is 0. The maximum Gasteiger partial charge on any atom is 0.400 e. The third kappa shape index (κ3) is 1.96. The Hall–Kier alpha value is -2.31. The van der Waals surface area contributed by atoms with Crippen LogP contribution in [0.15, 0.2) is 23.1 Å². The summed E-state index contributed by atoms with van der Waals surface area (Å²) in [6.45, 7) is 0. The first kappa shape index (κ1) is 9.25. The summed E-state index contributed by atoms with van der Waals surface area (Å²) in [5.74, 6) is -0.740. The average Bonchev–Trinajstić information content (AvgIpc) is 2.76. The number of aromatic nitrogens is 3. The number of aryl methyl sites for hydroxylation is 1. The number of oxazole rings is 1. The van der Waals surface area contributed by atoms with Gasteiger partial charge >= 0.3 is 12.0 Å². The smallest absolute Gasteiger partial charge is 0.400 e. The summed E-state index contributed by atoms with van der Waals surface area (Å²) < 4.78 is 11.4. The molecule has 0 atom stereocenters. The molecule has 2 aromatic rings. The summed E-state index contributed by atoms with van der Waals surface area (Å²) in [6, 6.07) is 0. The quantitative estimate of drug-likeness (QED) is 0.807. The number of hydrogen-bond acceptors (Lipinski definition) is 5. The molecule has 7 nitrogen and oxygen atoms in total. The molecule has 15 heavy (non-hydrogen) atoms. The molecule has 0 aliphatic carbocycles. The van der Waals surface area contributed by atoms with Gasteiger partial charge in [-0.15, -0.1) is 0 Å². The van der Waals surface area contributed by atoms with Crippen LogP contribution in [0.1, 0.15) is 10.5 Å². The van der Waals surface area contributed by atoms with Crippen molar-refractivity contribution in [2.45, 2.75) is 0 Å². The van der Waals surface area contributed by atoms with Gasteiger partial charge in [0.05, 0.1) is 12.4 Å². The Labute approximate surface area is 83.9 Å². The number of carboxylic acid groups (broad SMARTS) is 1. The Morgan fingerprint density at radius 1 is 1.67 bits per heavy atom. The monoisotopic (exact) mass is 209 g/mol. The summed E-state index contributed by atoms with van der Waals surface area (Å²) in [4.78, 5) is 14.1. The first-order valence-corrected chi connectivity index (χ1v) is 4.00. The van der Waals surface area contributed by atoms with Crippen LogP contribution in [0.25, 0.3) is 0 Å². The zero-order valence-corrected chi connectivity index (χ0v) is 7.75. The van der Waals surface area contributed by atoms with Crippen molar-refractivity contribution >= 4 is 5.97 Å². The highest BCUT2D eigenvalue weighted by Crippen LogP contribution is 2.19. The van der Waals surface area contributed by atoms with Crippen LogP contribution in [-0.2, 0) is 7.05 Å². The number of carbonyl (C=O) groups is 1. The van der Waals surface area contributed by atoms with Crippen molar-refractivity contribution in [2.75, 3.05) is 0 Å². The van der Waals surface area contributed by atoms with Crippen LogP contribution in [0.2, 0.25) is 0 Å². The highest BCUT2D eigenvalue weighted by molar-refractivity contribution is 5.84. The van der Waals surface area contributed by atoms with Crippen LogP contribution in [0, 0.1) is 0 Å². The lowest BCUT2D eigenvalue weighted by molar-refractivity contribution is 0.0690. The average molecular weight is 209 g/mol. The lowest BCUT2D eigenvalue weighted by Crippen LogP contribution is -1.95. The number of ether oxygens (including phenoxy) is 1. The molecule has 0 saturated carbocycles. The Bertz CT molecular complexity index is 488. The molecule has 0 unspecified atom stereocenters. The molecular weight excluding hydrogens is 202 g/mol.